The maximum Gasteiger partial charge on any atom is 0.292 e. The van der Waals surface area contributed by atoms with Gasteiger partial charge < -0.3 is 14.8 Å². The quantitative estimate of drug-likeness (QED) is 0.500. The molecule has 6 nitrogen and oxygen atoms in total. The van der Waals surface area contributed by atoms with Crippen molar-refractivity contribution < 1.29 is 14.4 Å². The van der Waals surface area contributed by atoms with E-state index in [1.54, 1.807) is 26.4 Å². The number of ether oxygens (including phenoxy) is 2. The van der Waals surface area contributed by atoms with E-state index in [9.17, 15) is 10.1 Å². The zero-order valence-electron chi connectivity index (χ0n) is 14.6. The Morgan fingerprint density at radius 3 is 2.69 bits per heavy atom. The molecular weight excluding hydrogens is 332 g/mol. The first-order valence-corrected chi connectivity index (χ1v) is 8.56. The SMILES string of the molecule is COc1ccc(C2Nc3c(cccc3[N+](=O)[O-])C3C=CCC32)cc1OC. The van der Waals surface area contributed by atoms with Crippen molar-refractivity contribution in [2.45, 2.75) is 18.4 Å². The van der Waals surface area contributed by atoms with Crippen LogP contribution in [0.25, 0.3) is 0 Å². The highest BCUT2D eigenvalue weighted by Gasteiger charge is 2.40. The number of methoxy groups -OCH3 is 2. The third-order valence-corrected chi connectivity index (χ3v) is 5.34. The second kappa shape index (κ2) is 6.37. The number of hydrogen-bond acceptors (Lipinski definition) is 5. The van der Waals surface area contributed by atoms with Gasteiger partial charge in [0.25, 0.3) is 5.69 Å². The molecule has 2 aromatic rings. The molecule has 6 heteroatoms. The molecule has 0 bridgehead atoms. The van der Waals surface area contributed by atoms with Gasteiger partial charge in [-0.25, -0.2) is 0 Å². The van der Waals surface area contributed by atoms with E-state index < -0.39 is 0 Å². The van der Waals surface area contributed by atoms with E-state index in [0.717, 1.165) is 17.5 Å². The largest absolute Gasteiger partial charge is 0.493 e. The number of nitrogens with zero attached hydrogens (tertiary/aromatic N) is 1. The standard InChI is InChI=1S/C20H20N2O4/c1-25-17-10-9-12(11-18(17)26-2)19-14-6-3-5-13(14)15-7-4-8-16(22(23)24)20(15)21-19/h3-5,7-11,13-14,19,21H,6H2,1-2H3. The van der Waals surface area contributed by atoms with Crippen LogP contribution in [0.15, 0.2) is 48.6 Å². The second-order valence-electron chi connectivity index (χ2n) is 6.59. The molecule has 0 spiro atoms. The van der Waals surface area contributed by atoms with Gasteiger partial charge in [0.05, 0.1) is 25.2 Å². The minimum atomic E-state index is -0.323. The van der Waals surface area contributed by atoms with Crippen molar-refractivity contribution in [1.29, 1.82) is 0 Å². The number of anilines is 1. The summed E-state index contributed by atoms with van der Waals surface area (Å²) in [5.74, 6) is 1.80. The van der Waals surface area contributed by atoms with Crippen molar-refractivity contribution in [3.63, 3.8) is 0 Å². The molecule has 0 fully saturated rings. The van der Waals surface area contributed by atoms with Crippen LogP contribution in [0, 0.1) is 16.0 Å². The molecule has 1 aliphatic carbocycles. The lowest BCUT2D eigenvalue weighted by molar-refractivity contribution is -0.384. The van der Waals surface area contributed by atoms with Crippen LogP contribution >= 0.6 is 0 Å². The van der Waals surface area contributed by atoms with Crippen molar-refractivity contribution in [2.75, 3.05) is 19.5 Å². The summed E-state index contributed by atoms with van der Waals surface area (Å²) in [7, 11) is 3.21. The highest BCUT2D eigenvalue weighted by atomic mass is 16.6. The molecule has 3 atom stereocenters. The minimum Gasteiger partial charge on any atom is -0.493 e. The lowest BCUT2D eigenvalue weighted by Crippen LogP contribution is -2.29. The van der Waals surface area contributed by atoms with E-state index in [-0.39, 0.29) is 22.6 Å². The van der Waals surface area contributed by atoms with Crippen LogP contribution in [0.3, 0.4) is 0 Å². The predicted molar refractivity (Wildman–Crippen MR) is 99.0 cm³/mol. The molecule has 1 N–H and O–H groups in total. The lowest BCUT2D eigenvalue weighted by Gasteiger charge is -2.37. The molecule has 134 valence electrons. The van der Waals surface area contributed by atoms with Gasteiger partial charge in [-0.15, -0.1) is 0 Å². The molecule has 4 rings (SSSR count). The van der Waals surface area contributed by atoms with Gasteiger partial charge in [0.15, 0.2) is 11.5 Å². The van der Waals surface area contributed by atoms with Crippen LogP contribution in [0.1, 0.15) is 29.5 Å². The summed E-state index contributed by atoms with van der Waals surface area (Å²) >= 11 is 0. The predicted octanol–water partition coefficient (Wildman–Crippen LogP) is 4.44. The highest BCUT2D eigenvalue weighted by molar-refractivity contribution is 5.71. The second-order valence-corrected chi connectivity index (χ2v) is 6.59. The number of nitro groups is 1. The average molecular weight is 352 g/mol. The average Bonchev–Trinajstić information content (AvgIpc) is 3.16. The Morgan fingerprint density at radius 1 is 1.15 bits per heavy atom. The number of nitro benzene ring substituents is 1. The van der Waals surface area contributed by atoms with Crippen molar-refractivity contribution in [1.82, 2.24) is 0 Å². The summed E-state index contributed by atoms with van der Waals surface area (Å²) in [6.07, 6.45) is 5.26. The van der Waals surface area contributed by atoms with Crippen molar-refractivity contribution in [3.8, 4) is 11.5 Å². The molecule has 2 aliphatic rings. The van der Waals surface area contributed by atoms with Crippen molar-refractivity contribution >= 4 is 11.4 Å². The Morgan fingerprint density at radius 2 is 1.96 bits per heavy atom. The Labute approximate surface area is 151 Å². The normalized spacial score (nSPS) is 22.9. The molecular formula is C20H20N2O4. The van der Waals surface area contributed by atoms with Crippen LogP contribution in [0.2, 0.25) is 0 Å². The summed E-state index contributed by atoms with van der Waals surface area (Å²) < 4.78 is 10.8. The molecule has 2 aromatic carbocycles. The summed E-state index contributed by atoms with van der Waals surface area (Å²) in [4.78, 5) is 11.2. The van der Waals surface area contributed by atoms with Gasteiger partial charge in [-0.1, -0.05) is 30.4 Å². The first-order chi connectivity index (χ1) is 12.6. The fourth-order valence-corrected chi connectivity index (χ4v) is 4.13. The number of benzene rings is 2. The van der Waals surface area contributed by atoms with E-state index in [4.69, 9.17) is 9.47 Å². The molecule has 0 amide bonds. The van der Waals surface area contributed by atoms with E-state index in [2.05, 4.69) is 17.5 Å². The summed E-state index contributed by atoms with van der Waals surface area (Å²) in [6.45, 7) is 0. The van der Waals surface area contributed by atoms with Crippen LogP contribution in [-0.2, 0) is 0 Å². The number of allylic oxidation sites excluding steroid dienone is 2. The smallest absolute Gasteiger partial charge is 0.292 e. The first-order valence-electron chi connectivity index (χ1n) is 8.56. The van der Waals surface area contributed by atoms with Crippen LogP contribution in [-0.4, -0.2) is 19.1 Å². The number of hydrogen-bond donors (Lipinski definition) is 1. The number of fused-ring (bicyclic) bond motifs is 3. The van der Waals surface area contributed by atoms with Gasteiger partial charge in [0.1, 0.15) is 5.69 Å². The molecule has 0 radical (unpaired) electrons. The minimum absolute atomic E-state index is 0.0385. The zero-order chi connectivity index (χ0) is 18.3. The molecule has 0 aromatic heterocycles. The maximum atomic E-state index is 11.5. The molecule has 0 saturated carbocycles. The molecule has 1 aliphatic heterocycles. The Bertz CT molecular complexity index is 893. The molecule has 3 unspecified atom stereocenters. The van der Waals surface area contributed by atoms with E-state index in [1.807, 2.05) is 24.3 Å². The summed E-state index contributed by atoms with van der Waals surface area (Å²) in [5, 5.41) is 14.9. The van der Waals surface area contributed by atoms with E-state index in [0.29, 0.717) is 23.1 Å². The molecule has 26 heavy (non-hydrogen) atoms. The van der Waals surface area contributed by atoms with Crippen LogP contribution < -0.4 is 14.8 Å². The Balaban J connectivity index is 1.81. The molecule has 1 heterocycles. The Hall–Kier alpha value is -3.02. The van der Waals surface area contributed by atoms with Gasteiger partial charge in [-0.3, -0.25) is 10.1 Å². The summed E-state index contributed by atoms with van der Waals surface area (Å²) in [5.41, 5.74) is 2.76. The van der Waals surface area contributed by atoms with Gasteiger partial charge in [-0.05, 0) is 35.6 Å². The van der Waals surface area contributed by atoms with Gasteiger partial charge in [-0.2, -0.15) is 0 Å². The lowest BCUT2D eigenvalue weighted by atomic mass is 9.76. The fraction of sp³-hybridized carbons (Fsp3) is 0.300. The number of rotatable bonds is 4. The zero-order valence-corrected chi connectivity index (χ0v) is 14.6. The first kappa shape index (κ1) is 16.4. The molecule has 0 saturated heterocycles. The summed E-state index contributed by atoms with van der Waals surface area (Å²) in [6, 6.07) is 11.1. The highest BCUT2D eigenvalue weighted by Crippen LogP contribution is 2.52. The third-order valence-electron chi connectivity index (χ3n) is 5.34. The van der Waals surface area contributed by atoms with Gasteiger partial charge in [0, 0.05) is 12.0 Å². The maximum absolute atomic E-state index is 11.5. The van der Waals surface area contributed by atoms with Crippen molar-refractivity contribution in [2.24, 2.45) is 5.92 Å². The number of para-hydroxylation sites is 1. The van der Waals surface area contributed by atoms with Crippen LogP contribution in [0.4, 0.5) is 11.4 Å². The number of nitrogens with one attached hydrogen (secondary N) is 1. The third kappa shape index (κ3) is 2.49. The topological polar surface area (TPSA) is 73.6 Å². The fourth-order valence-electron chi connectivity index (χ4n) is 4.13. The monoisotopic (exact) mass is 352 g/mol. The Kier molecular flexibility index (Phi) is 4.03. The van der Waals surface area contributed by atoms with Gasteiger partial charge >= 0.3 is 0 Å². The van der Waals surface area contributed by atoms with Gasteiger partial charge in [0.2, 0.25) is 0 Å². The van der Waals surface area contributed by atoms with E-state index >= 15 is 0 Å². The van der Waals surface area contributed by atoms with E-state index in [1.165, 1.54) is 0 Å². The van der Waals surface area contributed by atoms with Crippen molar-refractivity contribution in [3.05, 3.63) is 69.8 Å². The van der Waals surface area contributed by atoms with Crippen LogP contribution in [0.5, 0.6) is 11.5 Å².